The molecule has 0 aromatic carbocycles. The molecule has 2 atom stereocenters. The van der Waals surface area contributed by atoms with Gasteiger partial charge < -0.3 is 5.11 Å². The SMILES string of the molecule is CSc1nsc(/N=N/C2C=CC(O)=C(Cl)C2C)n1. The topological polar surface area (TPSA) is 70.7 Å². The second-order valence-electron chi connectivity index (χ2n) is 3.65. The van der Waals surface area contributed by atoms with Gasteiger partial charge in [-0.1, -0.05) is 36.4 Å². The summed E-state index contributed by atoms with van der Waals surface area (Å²) in [5.74, 6) is 0.00422. The highest BCUT2D eigenvalue weighted by Gasteiger charge is 2.23. The van der Waals surface area contributed by atoms with Crippen molar-refractivity contribution in [1.29, 1.82) is 0 Å². The standard InChI is InChI=1S/C10H11ClN4OS2/c1-5-6(3-4-7(16)8(5)11)13-14-9-12-10(17-2)15-18-9/h3-6,16H,1-2H3/b14-13+. The van der Waals surface area contributed by atoms with Crippen LogP contribution in [0.15, 0.2) is 38.3 Å². The molecule has 18 heavy (non-hydrogen) atoms. The number of hydrogen-bond acceptors (Lipinski definition) is 7. The van der Waals surface area contributed by atoms with Crippen molar-refractivity contribution in [3.05, 3.63) is 22.9 Å². The molecule has 0 bridgehead atoms. The highest BCUT2D eigenvalue weighted by Crippen LogP contribution is 2.30. The lowest BCUT2D eigenvalue weighted by atomic mass is 9.97. The molecule has 0 radical (unpaired) electrons. The Labute approximate surface area is 118 Å². The van der Waals surface area contributed by atoms with Gasteiger partial charge in [-0.15, -0.1) is 5.11 Å². The third kappa shape index (κ3) is 2.90. The summed E-state index contributed by atoms with van der Waals surface area (Å²) in [6.45, 7) is 1.89. The summed E-state index contributed by atoms with van der Waals surface area (Å²) in [6, 6.07) is -0.185. The van der Waals surface area contributed by atoms with E-state index in [1.807, 2.05) is 13.2 Å². The molecule has 2 unspecified atom stereocenters. The number of aliphatic hydroxyl groups excluding tert-OH is 1. The van der Waals surface area contributed by atoms with Gasteiger partial charge in [-0.2, -0.15) is 14.5 Å². The second-order valence-corrected chi connectivity index (χ2v) is 5.56. The van der Waals surface area contributed by atoms with Gasteiger partial charge in [0.2, 0.25) is 10.3 Å². The largest absolute Gasteiger partial charge is 0.507 e. The van der Waals surface area contributed by atoms with Gasteiger partial charge in [-0.3, -0.25) is 0 Å². The van der Waals surface area contributed by atoms with Crippen LogP contribution in [0.2, 0.25) is 0 Å². The molecule has 1 aromatic heterocycles. The highest BCUT2D eigenvalue weighted by atomic mass is 35.5. The Kier molecular flexibility index (Phi) is 4.36. The van der Waals surface area contributed by atoms with Crippen molar-refractivity contribution >= 4 is 40.0 Å². The maximum absolute atomic E-state index is 9.45. The average Bonchev–Trinajstić information content (AvgIpc) is 2.83. The molecule has 0 aliphatic heterocycles. The molecule has 0 fully saturated rings. The number of halogens is 1. The first-order valence-corrected chi connectivity index (χ1v) is 7.55. The van der Waals surface area contributed by atoms with Gasteiger partial charge in [0.25, 0.3) is 0 Å². The monoisotopic (exact) mass is 302 g/mol. The smallest absolute Gasteiger partial charge is 0.249 e. The van der Waals surface area contributed by atoms with E-state index in [9.17, 15) is 5.11 Å². The number of nitrogens with zero attached hydrogens (tertiary/aromatic N) is 4. The van der Waals surface area contributed by atoms with E-state index >= 15 is 0 Å². The van der Waals surface area contributed by atoms with Crippen molar-refractivity contribution in [2.45, 2.75) is 18.1 Å². The molecular formula is C10H11ClN4OS2. The van der Waals surface area contributed by atoms with E-state index in [1.165, 1.54) is 23.3 Å². The van der Waals surface area contributed by atoms with Crippen molar-refractivity contribution in [1.82, 2.24) is 9.36 Å². The molecule has 2 rings (SSSR count). The summed E-state index contributed by atoms with van der Waals surface area (Å²) < 4.78 is 4.09. The van der Waals surface area contributed by atoms with Crippen LogP contribution in [0, 0.1) is 5.92 Å². The summed E-state index contributed by atoms with van der Waals surface area (Å²) in [5, 5.41) is 19.3. The molecule has 0 saturated carbocycles. The molecule has 0 spiro atoms. The van der Waals surface area contributed by atoms with E-state index in [-0.39, 0.29) is 17.7 Å². The molecule has 1 aliphatic rings. The molecule has 1 aromatic rings. The van der Waals surface area contributed by atoms with E-state index < -0.39 is 0 Å². The third-order valence-electron chi connectivity index (χ3n) is 2.46. The summed E-state index contributed by atoms with van der Waals surface area (Å²) in [7, 11) is 0. The summed E-state index contributed by atoms with van der Waals surface area (Å²) in [6.07, 6.45) is 5.22. The van der Waals surface area contributed by atoms with E-state index in [0.717, 1.165) is 0 Å². The molecule has 5 nitrogen and oxygen atoms in total. The van der Waals surface area contributed by atoms with Crippen LogP contribution >= 0.6 is 34.9 Å². The number of aliphatic hydroxyl groups is 1. The van der Waals surface area contributed by atoms with Crippen molar-refractivity contribution < 1.29 is 5.11 Å². The van der Waals surface area contributed by atoms with Gasteiger partial charge in [-0.25, -0.2) is 0 Å². The molecule has 0 amide bonds. The van der Waals surface area contributed by atoms with Crippen LogP contribution in [0.5, 0.6) is 0 Å². The number of azo groups is 1. The number of rotatable bonds is 3. The fraction of sp³-hybridized carbons (Fsp3) is 0.400. The lowest BCUT2D eigenvalue weighted by molar-refractivity contribution is 0.409. The normalized spacial score (nSPS) is 24.2. The zero-order valence-corrected chi connectivity index (χ0v) is 12.1. The van der Waals surface area contributed by atoms with Crippen molar-refractivity contribution in [2.75, 3.05) is 6.26 Å². The Morgan fingerprint density at radius 1 is 1.56 bits per heavy atom. The predicted octanol–water partition coefficient (Wildman–Crippen LogP) is 3.93. The van der Waals surface area contributed by atoms with Crippen LogP contribution in [-0.2, 0) is 0 Å². The van der Waals surface area contributed by atoms with E-state index in [4.69, 9.17) is 11.6 Å². The minimum atomic E-state index is -0.185. The van der Waals surface area contributed by atoms with Crippen LogP contribution in [0.25, 0.3) is 0 Å². The average molecular weight is 303 g/mol. The van der Waals surface area contributed by atoms with E-state index in [2.05, 4.69) is 19.6 Å². The molecule has 0 saturated heterocycles. The predicted molar refractivity (Wildman–Crippen MR) is 73.8 cm³/mol. The van der Waals surface area contributed by atoms with Gasteiger partial charge in [-0.05, 0) is 12.3 Å². The Morgan fingerprint density at radius 2 is 2.33 bits per heavy atom. The van der Waals surface area contributed by atoms with Crippen LogP contribution in [-0.4, -0.2) is 26.8 Å². The Morgan fingerprint density at radius 3 is 3.00 bits per heavy atom. The Bertz CT molecular complexity index is 526. The molecular weight excluding hydrogens is 292 g/mol. The van der Waals surface area contributed by atoms with Gasteiger partial charge in [0.15, 0.2) is 0 Å². The number of thioether (sulfide) groups is 1. The van der Waals surface area contributed by atoms with Gasteiger partial charge >= 0.3 is 0 Å². The second kappa shape index (κ2) is 5.81. The lowest BCUT2D eigenvalue weighted by Gasteiger charge is -2.19. The molecule has 1 aliphatic carbocycles. The Balaban J connectivity index is 2.09. The van der Waals surface area contributed by atoms with Crippen molar-refractivity contribution in [3.63, 3.8) is 0 Å². The number of allylic oxidation sites excluding steroid dienone is 1. The van der Waals surface area contributed by atoms with Gasteiger partial charge in [0.05, 0.1) is 11.1 Å². The van der Waals surface area contributed by atoms with Gasteiger partial charge in [0.1, 0.15) is 5.76 Å². The maximum atomic E-state index is 9.45. The van der Waals surface area contributed by atoms with Crippen LogP contribution in [0.3, 0.4) is 0 Å². The summed E-state index contributed by atoms with van der Waals surface area (Å²) >= 11 is 8.64. The first-order valence-electron chi connectivity index (χ1n) is 5.17. The fourth-order valence-corrected chi connectivity index (χ4v) is 2.65. The van der Waals surface area contributed by atoms with Crippen molar-refractivity contribution in [2.24, 2.45) is 16.1 Å². The molecule has 1 heterocycles. The quantitative estimate of drug-likeness (QED) is 0.678. The minimum absolute atomic E-state index is 0.0895. The number of hydrogen-bond donors (Lipinski definition) is 1. The zero-order valence-electron chi connectivity index (χ0n) is 9.74. The molecule has 96 valence electrons. The zero-order chi connectivity index (χ0) is 13.1. The Hall–Kier alpha value is -0.920. The van der Waals surface area contributed by atoms with Gasteiger partial charge in [0, 0.05) is 17.5 Å². The first-order chi connectivity index (χ1) is 8.61. The summed E-state index contributed by atoms with van der Waals surface area (Å²) in [5.41, 5.74) is 0. The maximum Gasteiger partial charge on any atom is 0.249 e. The minimum Gasteiger partial charge on any atom is -0.507 e. The fourth-order valence-electron chi connectivity index (χ4n) is 1.40. The third-order valence-corrected chi connectivity index (χ3v) is 4.27. The van der Waals surface area contributed by atoms with E-state index in [0.29, 0.717) is 15.3 Å². The van der Waals surface area contributed by atoms with Crippen LogP contribution < -0.4 is 0 Å². The lowest BCUT2D eigenvalue weighted by Crippen LogP contribution is -2.17. The number of aromatic nitrogens is 2. The van der Waals surface area contributed by atoms with E-state index in [1.54, 1.807) is 12.2 Å². The molecule has 1 N–H and O–H groups in total. The van der Waals surface area contributed by atoms with Crippen LogP contribution in [0.1, 0.15) is 6.92 Å². The molecule has 8 heteroatoms. The highest BCUT2D eigenvalue weighted by molar-refractivity contribution is 7.98. The summed E-state index contributed by atoms with van der Waals surface area (Å²) in [4.78, 5) is 4.16. The van der Waals surface area contributed by atoms with Crippen molar-refractivity contribution in [3.8, 4) is 0 Å². The first kappa shape index (κ1) is 13.5. The van der Waals surface area contributed by atoms with Crippen LogP contribution in [0.4, 0.5) is 5.13 Å².